The lowest BCUT2D eigenvalue weighted by molar-refractivity contribution is -0.138. The Kier molecular flexibility index (Phi) is 3.40. The quantitative estimate of drug-likeness (QED) is 0.864. The molecule has 1 heterocycles. The Bertz CT molecular complexity index is 403. The summed E-state index contributed by atoms with van der Waals surface area (Å²) in [5.74, 6) is 0. The minimum atomic E-state index is -4.28. The smallest absolute Gasteiger partial charge is 0.372 e. The zero-order chi connectivity index (χ0) is 12.5. The molecule has 0 saturated carbocycles. The third kappa shape index (κ3) is 2.45. The molecular weight excluding hydrogens is 231 g/mol. The van der Waals surface area contributed by atoms with Crippen LogP contribution in [0.3, 0.4) is 0 Å². The van der Waals surface area contributed by atoms with Gasteiger partial charge in [0.05, 0.1) is 18.3 Å². The van der Waals surface area contributed by atoms with Crippen LogP contribution < -0.4 is 5.32 Å². The zero-order valence-electron chi connectivity index (χ0n) is 9.47. The highest BCUT2D eigenvalue weighted by atomic mass is 19.4. The first-order chi connectivity index (χ1) is 8.04. The van der Waals surface area contributed by atoms with E-state index in [0.29, 0.717) is 30.7 Å². The molecule has 0 amide bonds. The molecule has 2 nitrogen and oxygen atoms in total. The lowest BCUT2D eigenvalue weighted by Crippen LogP contribution is -2.27. The molecule has 1 atom stereocenters. The van der Waals surface area contributed by atoms with Crippen LogP contribution in [-0.2, 0) is 17.3 Å². The van der Waals surface area contributed by atoms with Gasteiger partial charge in [-0.1, -0.05) is 12.1 Å². The maximum atomic E-state index is 12.8. The molecule has 1 N–H and O–H groups in total. The van der Waals surface area contributed by atoms with E-state index in [2.05, 4.69) is 5.32 Å². The number of ether oxygens (including phenoxy) is 1. The molecule has 0 saturated heterocycles. The fourth-order valence-electron chi connectivity index (χ4n) is 2.20. The van der Waals surface area contributed by atoms with Crippen LogP contribution in [0.15, 0.2) is 18.2 Å². The van der Waals surface area contributed by atoms with Crippen molar-refractivity contribution < 1.29 is 17.9 Å². The van der Waals surface area contributed by atoms with Crippen LogP contribution in [0, 0.1) is 0 Å². The number of likely N-dealkylation sites (N-methyl/N-ethyl adjacent to an activating group) is 1. The molecule has 0 radical (unpaired) electrons. The molecule has 1 aromatic carbocycles. The fourth-order valence-corrected chi connectivity index (χ4v) is 2.20. The summed E-state index contributed by atoms with van der Waals surface area (Å²) in [6.07, 6.45) is -4.25. The molecule has 0 aliphatic carbocycles. The molecule has 2 rings (SSSR count). The van der Waals surface area contributed by atoms with E-state index in [1.54, 1.807) is 13.1 Å². The first-order valence-electron chi connectivity index (χ1n) is 5.49. The molecule has 1 aromatic rings. The van der Waals surface area contributed by atoms with Crippen molar-refractivity contribution in [2.45, 2.75) is 18.7 Å². The lowest BCUT2D eigenvalue weighted by atomic mass is 9.92. The van der Waals surface area contributed by atoms with Gasteiger partial charge in [-0.05, 0) is 30.7 Å². The Balaban J connectivity index is 2.44. The predicted octanol–water partition coefficient (Wildman–Crippen LogP) is 2.54. The number of fused-ring (bicyclic) bond motifs is 1. The molecule has 0 unspecified atom stereocenters. The Morgan fingerprint density at radius 2 is 2.18 bits per heavy atom. The van der Waals surface area contributed by atoms with Crippen LogP contribution in [0.4, 0.5) is 13.2 Å². The molecule has 0 fully saturated rings. The van der Waals surface area contributed by atoms with Crippen molar-refractivity contribution in [1.82, 2.24) is 5.32 Å². The van der Waals surface area contributed by atoms with E-state index < -0.39 is 11.7 Å². The molecular formula is C12H14F3NO. The maximum absolute atomic E-state index is 12.8. The summed E-state index contributed by atoms with van der Waals surface area (Å²) in [6, 6.07) is 4.30. The topological polar surface area (TPSA) is 21.3 Å². The monoisotopic (exact) mass is 245 g/mol. The van der Waals surface area contributed by atoms with Gasteiger partial charge in [0.2, 0.25) is 0 Å². The van der Waals surface area contributed by atoms with Gasteiger partial charge < -0.3 is 10.1 Å². The van der Waals surface area contributed by atoms with Crippen molar-refractivity contribution in [3.63, 3.8) is 0 Å². The minimum Gasteiger partial charge on any atom is -0.372 e. The van der Waals surface area contributed by atoms with Crippen molar-refractivity contribution in [3.8, 4) is 0 Å². The second-order valence-electron chi connectivity index (χ2n) is 4.04. The first kappa shape index (κ1) is 12.4. The van der Waals surface area contributed by atoms with E-state index in [-0.39, 0.29) is 6.10 Å². The van der Waals surface area contributed by atoms with Gasteiger partial charge in [0.15, 0.2) is 0 Å². The SMILES string of the molecule is CNC[C@H]1OCCc2c1cccc2C(F)(F)F. The standard InChI is InChI=1S/C12H14F3NO/c1-16-7-11-9-3-2-4-10(12(13,14)15)8(9)5-6-17-11/h2-4,11,16H,5-7H2,1H3/t11-/m1/s1. The van der Waals surface area contributed by atoms with Gasteiger partial charge in [0.1, 0.15) is 0 Å². The second kappa shape index (κ2) is 4.66. The van der Waals surface area contributed by atoms with Gasteiger partial charge in [-0.25, -0.2) is 0 Å². The molecule has 0 aromatic heterocycles. The molecule has 1 aliphatic heterocycles. The largest absolute Gasteiger partial charge is 0.416 e. The second-order valence-corrected chi connectivity index (χ2v) is 4.04. The summed E-state index contributed by atoms with van der Waals surface area (Å²) in [6.45, 7) is 0.862. The van der Waals surface area contributed by atoms with Crippen molar-refractivity contribution in [2.75, 3.05) is 20.2 Å². The van der Waals surface area contributed by atoms with Gasteiger partial charge in [-0.15, -0.1) is 0 Å². The number of halogens is 3. The van der Waals surface area contributed by atoms with Crippen LogP contribution in [-0.4, -0.2) is 20.2 Å². The van der Waals surface area contributed by atoms with Crippen LogP contribution in [0.1, 0.15) is 22.8 Å². The van der Waals surface area contributed by atoms with Crippen molar-refractivity contribution in [1.29, 1.82) is 0 Å². The van der Waals surface area contributed by atoms with E-state index >= 15 is 0 Å². The van der Waals surface area contributed by atoms with Crippen LogP contribution in [0.25, 0.3) is 0 Å². The van der Waals surface area contributed by atoms with Gasteiger partial charge in [-0.3, -0.25) is 0 Å². The minimum absolute atomic E-state index is 0.286. The van der Waals surface area contributed by atoms with Crippen LogP contribution in [0.5, 0.6) is 0 Å². The van der Waals surface area contributed by atoms with Gasteiger partial charge in [0.25, 0.3) is 0 Å². The lowest BCUT2D eigenvalue weighted by Gasteiger charge is -2.28. The Hall–Kier alpha value is -1.07. The van der Waals surface area contributed by atoms with Gasteiger partial charge in [0, 0.05) is 6.54 Å². The molecule has 5 heteroatoms. The zero-order valence-corrected chi connectivity index (χ0v) is 9.47. The molecule has 0 spiro atoms. The molecule has 0 bridgehead atoms. The van der Waals surface area contributed by atoms with E-state index in [9.17, 15) is 13.2 Å². The summed E-state index contributed by atoms with van der Waals surface area (Å²) in [4.78, 5) is 0. The van der Waals surface area contributed by atoms with Crippen LogP contribution in [0.2, 0.25) is 0 Å². The summed E-state index contributed by atoms with van der Waals surface area (Å²) in [5, 5.41) is 2.93. The van der Waals surface area contributed by atoms with E-state index in [1.165, 1.54) is 6.07 Å². The fraction of sp³-hybridized carbons (Fsp3) is 0.500. The summed E-state index contributed by atoms with van der Waals surface area (Å²) in [7, 11) is 1.76. The van der Waals surface area contributed by atoms with E-state index in [0.717, 1.165) is 6.07 Å². The van der Waals surface area contributed by atoms with E-state index in [4.69, 9.17) is 4.74 Å². The highest BCUT2D eigenvalue weighted by Gasteiger charge is 2.36. The predicted molar refractivity (Wildman–Crippen MR) is 57.8 cm³/mol. The average Bonchev–Trinajstić information content (AvgIpc) is 2.28. The van der Waals surface area contributed by atoms with Crippen molar-refractivity contribution >= 4 is 0 Å². The van der Waals surface area contributed by atoms with Gasteiger partial charge in [-0.2, -0.15) is 13.2 Å². The third-order valence-corrected chi connectivity index (χ3v) is 2.93. The van der Waals surface area contributed by atoms with Crippen LogP contribution >= 0.6 is 0 Å². The Morgan fingerprint density at radius 1 is 1.41 bits per heavy atom. The average molecular weight is 245 g/mol. The van der Waals surface area contributed by atoms with Crippen molar-refractivity contribution in [3.05, 3.63) is 34.9 Å². The van der Waals surface area contributed by atoms with Crippen molar-refractivity contribution in [2.24, 2.45) is 0 Å². The number of rotatable bonds is 2. The Labute approximate surface area is 97.8 Å². The number of hydrogen-bond donors (Lipinski definition) is 1. The van der Waals surface area contributed by atoms with E-state index in [1.807, 2.05) is 0 Å². The number of hydrogen-bond acceptors (Lipinski definition) is 2. The first-order valence-corrected chi connectivity index (χ1v) is 5.49. The Morgan fingerprint density at radius 3 is 2.82 bits per heavy atom. The summed E-state index contributed by atoms with van der Waals surface area (Å²) < 4.78 is 44.0. The molecule has 17 heavy (non-hydrogen) atoms. The highest BCUT2D eigenvalue weighted by molar-refractivity contribution is 5.40. The van der Waals surface area contributed by atoms with Gasteiger partial charge >= 0.3 is 6.18 Å². The number of benzene rings is 1. The third-order valence-electron chi connectivity index (χ3n) is 2.93. The normalized spacial score (nSPS) is 20.1. The summed E-state index contributed by atoms with van der Waals surface area (Å²) in [5.41, 5.74) is 0.506. The number of alkyl halides is 3. The maximum Gasteiger partial charge on any atom is 0.416 e. The molecule has 94 valence electrons. The number of nitrogens with one attached hydrogen (secondary N) is 1. The summed E-state index contributed by atoms with van der Waals surface area (Å²) >= 11 is 0. The highest BCUT2D eigenvalue weighted by Crippen LogP contribution is 2.37. The molecule has 1 aliphatic rings.